The molecule has 0 radical (unpaired) electrons. The van der Waals surface area contributed by atoms with Crippen LogP contribution in [0, 0.1) is 20.8 Å². The molecule has 0 saturated carbocycles. The van der Waals surface area contributed by atoms with Gasteiger partial charge in [0, 0.05) is 25.4 Å². The number of sulfonamides is 1. The van der Waals surface area contributed by atoms with Gasteiger partial charge in [-0.2, -0.15) is 0 Å². The molecule has 1 aromatic rings. The molecule has 1 aromatic carbocycles. The Morgan fingerprint density at radius 1 is 1.12 bits per heavy atom. The van der Waals surface area contributed by atoms with Crippen molar-refractivity contribution < 1.29 is 23.1 Å². The van der Waals surface area contributed by atoms with Crippen molar-refractivity contribution in [2.45, 2.75) is 57.9 Å². The lowest BCUT2D eigenvalue weighted by Gasteiger charge is -2.14. The first-order valence-corrected chi connectivity index (χ1v) is 9.60. The van der Waals surface area contributed by atoms with E-state index in [2.05, 4.69) is 10.0 Å². The molecule has 25 heavy (non-hydrogen) atoms. The van der Waals surface area contributed by atoms with E-state index < -0.39 is 16.0 Å². The summed E-state index contributed by atoms with van der Waals surface area (Å²) in [6, 6.07) is 3.33. The average molecular weight is 370 g/mol. The molecular formula is C17H26N2O5S. The Bertz CT molecular complexity index is 720. The van der Waals surface area contributed by atoms with Crippen LogP contribution in [0.2, 0.25) is 0 Å². The number of hydrogen-bond donors (Lipinski definition) is 3. The van der Waals surface area contributed by atoms with E-state index in [1.54, 1.807) is 32.9 Å². The van der Waals surface area contributed by atoms with Gasteiger partial charge in [-0.3, -0.25) is 9.59 Å². The predicted molar refractivity (Wildman–Crippen MR) is 94.9 cm³/mol. The molecule has 0 aromatic heterocycles. The second-order valence-electron chi connectivity index (χ2n) is 6.28. The summed E-state index contributed by atoms with van der Waals surface area (Å²) in [5.41, 5.74) is 2.32. The zero-order chi connectivity index (χ0) is 19.2. The Labute approximate surface area is 148 Å². The van der Waals surface area contributed by atoms with Crippen LogP contribution in [0.15, 0.2) is 17.0 Å². The molecule has 1 rings (SSSR count). The number of carbonyl (C=O) groups is 2. The maximum absolute atomic E-state index is 12.5. The maximum atomic E-state index is 12.5. The highest BCUT2D eigenvalue weighted by Gasteiger charge is 2.20. The molecule has 0 aliphatic heterocycles. The van der Waals surface area contributed by atoms with E-state index in [4.69, 9.17) is 5.11 Å². The fourth-order valence-electron chi connectivity index (χ4n) is 2.72. The zero-order valence-corrected chi connectivity index (χ0v) is 15.9. The van der Waals surface area contributed by atoms with Gasteiger partial charge in [0.05, 0.1) is 4.90 Å². The Hall–Kier alpha value is -1.93. The van der Waals surface area contributed by atoms with Crippen LogP contribution >= 0.6 is 0 Å². The highest BCUT2D eigenvalue weighted by Crippen LogP contribution is 2.21. The highest BCUT2D eigenvalue weighted by molar-refractivity contribution is 7.89. The third-order valence-corrected chi connectivity index (χ3v) is 5.48. The van der Waals surface area contributed by atoms with Crippen molar-refractivity contribution in [2.24, 2.45) is 0 Å². The van der Waals surface area contributed by atoms with Crippen molar-refractivity contribution in [3.05, 3.63) is 28.8 Å². The number of aliphatic carboxylic acids is 1. The van der Waals surface area contributed by atoms with E-state index in [1.807, 2.05) is 6.92 Å². The van der Waals surface area contributed by atoms with E-state index in [9.17, 15) is 18.0 Å². The molecular weight excluding hydrogens is 344 g/mol. The van der Waals surface area contributed by atoms with Gasteiger partial charge >= 0.3 is 5.97 Å². The van der Waals surface area contributed by atoms with Gasteiger partial charge in [0.1, 0.15) is 0 Å². The van der Waals surface area contributed by atoms with Crippen LogP contribution in [-0.4, -0.2) is 38.0 Å². The molecule has 1 amide bonds. The summed E-state index contributed by atoms with van der Waals surface area (Å²) in [5.74, 6) is -1.24. The molecule has 1 atom stereocenters. The largest absolute Gasteiger partial charge is 0.481 e. The van der Waals surface area contributed by atoms with Gasteiger partial charge in [-0.25, -0.2) is 13.1 Å². The quantitative estimate of drug-likeness (QED) is 0.612. The SMILES string of the molecule is Cc1cc(C)c(S(=O)(=O)NCCC(=O)NC(C)CCC(=O)O)c(C)c1. The molecule has 7 nitrogen and oxygen atoms in total. The topological polar surface area (TPSA) is 113 Å². The summed E-state index contributed by atoms with van der Waals surface area (Å²) < 4.78 is 27.4. The Morgan fingerprint density at radius 3 is 2.20 bits per heavy atom. The summed E-state index contributed by atoms with van der Waals surface area (Å²) in [5, 5.41) is 11.3. The number of carbonyl (C=O) groups excluding carboxylic acids is 1. The smallest absolute Gasteiger partial charge is 0.303 e. The van der Waals surface area contributed by atoms with E-state index in [-0.39, 0.29) is 36.2 Å². The molecule has 0 saturated heterocycles. The predicted octanol–water partition coefficient (Wildman–Crippen LogP) is 1.65. The number of rotatable bonds is 9. The van der Waals surface area contributed by atoms with Crippen LogP contribution in [0.5, 0.6) is 0 Å². The number of nitrogens with one attached hydrogen (secondary N) is 2. The van der Waals surface area contributed by atoms with E-state index in [1.165, 1.54) is 0 Å². The van der Waals surface area contributed by atoms with Gasteiger partial charge in [-0.15, -0.1) is 0 Å². The summed E-state index contributed by atoms with van der Waals surface area (Å²) in [4.78, 5) is 22.5. The molecule has 1 unspecified atom stereocenters. The van der Waals surface area contributed by atoms with Crippen molar-refractivity contribution in [3.8, 4) is 0 Å². The summed E-state index contributed by atoms with van der Waals surface area (Å²) in [7, 11) is -3.69. The minimum Gasteiger partial charge on any atom is -0.481 e. The summed E-state index contributed by atoms with van der Waals surface area (Å²) in [6.45, 7) is 7.08. The number of hydrogen-bond acceptors (Lipinski definition) is 4. The monoisotopic (exact) mass is 370 g/mol. The molecule has 8 heteroatoms. The van der Waals surface area contributed by atoms with Crippen molar-refractivity contribution >= 4 is 21.9 Å². The normalized spacial score (nSPS) is 12.6. The van der Waals surface area contributed by atoms with Gasteiger partial charge in [0.15, 0.2) is 0 Å². The lowest BCUT2D eigenvalue weighted by Crippen LogP contribution is -2.36. The average Bonchev–Trinajstić information content (AvgIpc) is 2.43. The minimum atomic E-state index is -3.69. The number of carboxylic acid groups (broad SMARTS) is 1. The second-order valence-corrected chi connectivity index (χ2v) is 7.98. The first-order chi connectivity index (χ1) is 11.5. The molecule has 0 aliphatic carbocycles. The van der Waals surface area contributed by atoms with Crippen LogP contribution in [0.3, 0.4) is 0 Å². The molecule has 3 N–H and O–H groups in total. The van der Waals surface area contributed by atoms with E-state index >= 15 is 0 Å². The zero-order valence-electron chi connectivity index (χ0n) is 15.0. The maximum Gasteiger partial charge on any atom is 0.303 e. The molecule has 0 aliphatic rings. The lowest BCUT2D eigenvalue weighted by molar-refractivity contribution is -0.137. The van der Waals surface area contributed by atoms with Gasteiger partial charge in [-0.05, 0) is 45.2 Å². The van der Waals surface area contributed by atoms with Gasteiger partial charge in [-0.1, -0.05) is 17.7 Å². The van der Waals surface area contributed by atoms with Crippen LogP contribution < -0.4 is 10.0 Å². The van der Waals surface area contributed by atoms with Crippen molar-refractivity contribution in [3.63, 3.8) is 0 Å². The number of benzene rings is 1. The van der Waals surface area contributed by atoms with E-state index in [0.717, 1.165) is 5.56 Å². The fourth-order valence-corrected chi connectivity index (χ4v) is 4.20. The Morgan fingerprint density at radius 2 is 1.68 bits per heavy atom. The number of carboxylic acids is 1. The molecule has 0 heterocycles. The van der Waals surface area contributed by atoms with E-state index in [0.29, 0.717) is 17.5 Å². The minimum absolute atomic E-state index is 0.0133. The number of aryl methyl sites for hydroxylation is 3. The first-order valence-electron chi connectivity index (χ1n) is 8.11. The Balaban J connectivity index is 2.58. The molecule has 0 bridgehead atoms. The standard InChI is InChI=1S/C17H26N2O5S/c1-11-9-12(2)17(13(3)10-11)25(23,24)18-8-7-15(20)19-14(4)5-6-16(21)22/h9-10,14,18H,5-8H2,1-4H3,(H,19,20)(H,21,22). The third kappa shape index (κ3) is 6.83. The van der Waals surface area contributed by atoms with Crippen molar-refractivity contribution in [2.75, 3.05) is 6.54 Å². The fraction of sp³-hybridized carbons (Fsp3) is 0.529. The van der Waals surface area contributed by atoms with Crippen LogP contribution in [0.4, 0.5) is 0 Å². The third-order valence-electron chi connectivity index (χ3n) is 3.72. The number of amides is 1. The van der Waals surface area contributed by atoms with Crippen LogP contribution in [0.25, 0.3) is 0 Å². The van der Waals surface area contributed by atoms with Gasteiger partial charge in [0.2, 0.25) is 15.9 Å². The van der Waals surface area contributed by atoms with Crippen molar-refractivity contribution in [1.29, 1.82) is 0 Å². The Kier molecular flexibility index (Phi) is 7.57. The molecule has 140 valence electrons. The second kappa shape index (κ2) is 8.96. The first kappa shape index (κ1) is 21.1. The van der Waals surface area contributed by atoms with Crippen LogP contribution in [-0.2, 0) is 19.6 Å². The van der Waals surface area contributed by atoms with Crippen molar-refractivity contribution in [1.82, 2.24) is 10.0 Å². The highest BCUT2D eigenvalue weighted by atomic mass is 32.2. The lowest BCUT2D eigenvalue weighted by atomic mass is 10.1. The summed E-state index contributed by atoms with van der Waals surface area (Å²) in [6.07, 6.45) is 0.287. The van der Waals surface area contributed by atoms with Crippen LogP contribution in [0.1, 0.15) is 42.9 Å². The summed E-state index contributed by atoms with van der Waals surface area (Å²) >= 11 is 0. The molecule has 0 fully saturated rings. The molecule has 0 spiro atoms. The van der Waals surface area contributed by atoms with Gasteiger partial charge in [0.25, 0.3) is 0 Å². The van der Waals surface area contributed by atoms with Gasteiger partial charge < -0.3 is 10.4 Å².